The molecule has 1 aromatic carbocycles. The van der Waals surface area contributed by atoms with Crippen LogP contribution < -0.4 is 0 Å². The highest BCUT2D eigenvalue weighted by atomic mass is 32.2. The van der Waals surface area contributed by atoms with E-state index in [0.717, 1.165) is 19.3 Å². The van der Waals surface area contributed by atoms with Crippen LogP contribution in [0.25, 0.3) is 0 Å². The predicted octanol–water partition coefficient (Wildman–Crippen LogP) is 0.946. The van der Waals surface area contributed by atoms with Gasteiger partial charge in [0.1, 0.15) is 0 Å². The van der Waals surface area contributed by atoms with Crippen LogP contribution in [-0.2, 0) is 21.4 Å². The molecule has 1 aliphatic carbocycles. The smallest absolute Gasteiger partial charge is 0.281 e. The van der Waals surface area contributed by atoms with Crippen molar-refractivity contribution in [1.29, 1.82) is 0 Å². The molecule has 8 heteroatoms. The molecule has 1 fully saturated rings. The number of hydrogen-bond acceptors (Lipinski definition) is 4. The number of carbonyl (C=O) groups is 1. The summed E-state index contributed by atoms with van der Waals surface area (Å²) < 4.78 is 27.1. The first-order chi connectivity index (χ1) is 12.8. The standard InChI is InChI=1S/C19H30N4O3S/c1-20(2)27(25,26)23-13-11-22(12-14-23)15-19(24)21(3)18-10-6-8-16-7-4-5-9-17(16)18/h4-5,7,9,18H,6,8,10-15H2,1-3H3. The van der Waals surface area contributed by atoms with E-state index in [9.17, 15) is 13.2 Å². The number of benzene rings is 1. The molecule has 1 unspecified atom stereocenters. The van der Waals surface area contributed by atoms with Crippen LogP contribution in [0.5, 0.6) is 0 Å². The maximum Gasteiger partial charge on any atom is 0.281 e. The second-order valence-corrected chi connectivity index (χ2v) is 9.72. The maximum absolute atomic E-state index is 12.9. The summed E-state index contributed by atoms with van der Waals surface area (Å²) in [5.74, 6) is 0.0978. The Labute approximate surface area is 162 Å². The monoisotopic (exact) mass is 394 g/mol. The number of fused-ring (bicyclic) bond motifs is 1. The molecule has 7 nitrogen and oxygen atoms in total. The van der Waals surface area contributed by atoms with Crippen LogP contribution in [0.3, 0.4) is 0 Å². The zero-order valence-corrected chi connectivity index (χ0v) is 17.3. The molecule has 0 N–H and O–H groups in total. The largest absolute Gasteiger partial charge is 0.338 e. The molecule has 0 aromatic heterocycles. The van der Waals surface area contributed by atoms with Gasteiger partial charge >= 0.3 is 0 Å². The number of nitrogens with zero attached hydrogens (tertiary/aromatic N) is 4. The molecule has 3 rings (SSSR count). The van der Waals surface area contributed by atoms with Crippen LogP contribution in [0.4, 0.5) is 0 Å². The molecular weight excluding hydrogens is 364 g/mol. The molecule has 0 saturated carbocycles. The van der Waals surface area contributed by atoms with E-state index in [1.807, 2.05) is 18.0 Å². The van der Waals surface area contributed by atoms with Gasteiger partial charge in [0.05, 0.1) is 12.6 Å². The van der Waals surface area contributed by atoms with Crippen molar-refractivity contribution >= 4 is 16.1 Å². The third-order valence-electron chi connectivity index (χ3n) is 5.68. The van der Waals surface area contributed by atoms with Gasteiger partial charge in [-0.25, -0.2) is 0 Å². The van der Waals surface area contributed by atoms with Gasteiger partial charge in [-0.05, 0) is 30.4 Å². The molecule has 0 bridgehead atoms. The fraction of sp³-hybridized carbons (Fsp3) is 0.632. The van der Waals surface area contributed by atoms with E-state index >= 15 is 0 Å². The summed E-state index contributed by atoms with van der Waals surface area (Å²) in [7, 11) is 1.60. The van der Waals surface area contributed by atoms with Crippen molar-refractivity contribution in [2.75, 3.05) is 53.9 Å². The summed E-state index contributed by atoms with van der Waals surface area (Å²) in [6, 6.07) is 8.53. The lowest BCUT2D eigenvalue weighted by molar-refractivity contribution is -0.133. The van der Waals surface area contributed by atoms with Crippen molar-refractivity contribution in [3.05, 3.63) is 35.4 Å². The van der Waals surface area contributed by atoms with Crippen LogP contribution in [-0.4, -0.2) is 86.6 Å². The Balaban J connectivity index is 1.58. The van der Waals surface area contributed by atoms with Crippen molar-refractivity contribution < 1.29 is 13.2 Å². The van der Waals surface area contributed by atoms with Gasteiger partial charge in [-0.1, -0.05) is 24.3 Å². The Kier molecular flexibility index (Phi) is 6.20. The van der Waals surface area contributed by atoms with Crippen molar-refractivity contribution in [2.24, 2.45) is 0 Å². The highest BCUT2D eigenvalue weighted by Crippen LogP contribution is 2.33. The molecule has 1 heterocycles. The molecule has 1 atom stereocenters. The molecule has 2 aliphatic rings. The molecule has 1 amide bonds. The van der Waals surface area contributed by atoms with Crippen molar-refractivity contribution in [3.8, 4) is 0 Å². The fourth-order valence-corrected chi connectivity index (χ4v) is 5.04. The summed E-state index contributed by atoms with van der Waals surface area (Å²) in [5, 5.41) is 0. The first-order valence-electron chi connectivity index (χ1n) is 9.54. The molecule has 1 saturated heterocycles. The van der Waals surface area contributed by atoms with E-state index < -0.39 is 10.2 Å². The topological polar surface area (TPSA) is 64.2 Å². The van der Waals surface area contributed by atoms with Crippen LogP contribution in [0.15, 0.2) is 24.3 Å². The normalized spacial score (nSPS) is 21.9. The molecule has 0 radical (unpaired) electrons. The molecule has 0 spiro atoms. The second kappa shape index (κ2) is 8.26. The maximum atomic E-state index is 12.9. The number of rotatable bonds is 5. The zero-order valence-electron chi connectivity index (χ0n) is 16.5. The van der Waals surface area contributed by atoms with Gasteiger partial charge in [0.25, 0.3) is 10.2 Å². The fourth-order valence-electron chi connectivity index (χ4n) is 3.96. The van der Waals surface area contributed by atoms with Crippen LogP contribution in [0.2, 0.25) is 0 Å². The van der Waals surface area contributed by atoms with Gasteiger partial charge in [0.2, 0.25) is 5.91 Å². The lowest BCUT2D eigenvalue weighted by Crippen LogP contribution is -2.53. The van der Waals surface area contributed by atoms with Gasteiger partial charge in [0.15, 0.2) is 0 Å². The Morgan fingerprint density at radius 3 is 2.44 bits per heavy atom. The highest BCUT2D eigenvalue weighted by Gasteiger charge is 2.31. The Hall–Kier alpha value is -1.48. The number of amides is 1. The van der Waals surface area contributed by atoms with E-state index in [0.29, 0.717) is 32.7 Å². The van der Waals surface area contributed by atoms with Crippen LogP contribution >= 0.6 is 0 Å². The first-order valence-corrected chi connectivity index (χ1v) is 10.9. The van der Waals surface area contributed by atoms with E-state index in [1.165, 1.54) is 19.7 Å². The number of aryl methyl sites for hydroxylation is 1. The number of carbonyl (C=O) groups excluding carboxylic acids is 1. The highest BCUT2D eigenvalue weighted by molar-refractivity contribution is 7.86. The van der Waals surface area contributed by atoms with Crippen molar-refractivity contribution in [2.45, 2.75) is 25.3 Å². The second-order valence-electron chi connectivity index (χ2n) is 7.58. The molecule has 27 heavy (non-hydrogen) atoms. The Bertz CT molecular complexity index is 773. The van der Waals surface area contributed by atoms with Crippen molar-refractivity contribution in [3.63, 3.8) is 0 Å². The van der Waals surface area contributed by atoms with E-state index in [1.54, 1.807) is 14.1 Å². The summed E-state index contributed by atoms with van der Waals surface area (Å²) in [4.78, 5) is 16.8. The zero-order chi connectivity index (χ0) is 19.6. The lowest BCUT2D eigenvalue weighted by atomic mass is 9.87. The average molecular weight is 395 g/mol. The minimum absolute atomic E-state index is 0.0978. The van der Waals surface area contributed by atoms with E-state index in [4.69, 9.17) is 0 Å². The summed E-state index contributed by atoms with van der Waals surface area (Å²) in [6.07, 6.45) is 3.17. The number of piperazine rings is 1. The van der Waals surface area contributed by atoms with Gasteiger partial charge in [0, 0.05) is 47.3 Å². The summed E-state index contributed by atoms with van der Waals surface area (Å²) in [6.45, 7) is 2.33. The minimum atomic E-state index is -3.37. The van der Waals surface area contributed by atoms with E-state index in [-0.39, 0.29) is 11.9 Å². The van der Waals surface area contributed by atoms with Gasteiger partial charge in [-0.2, -0.15) is 17.0 Å². The van der Waals surface area contributed by atoms with Crippen LogP contribution in [0, 0.1) is 0 Å². The minimum Gasteiger partial charge on any atom is -0.338 e. The molecule has 150 valence electrons. The number of hydrogen-bond donors (Lipinski definition) is 0. The van der Waals surface area contributed by atoms with E-state index in [2.05, 4.69) is 23.1 Å². The average Bonchev–Trinajstić information content (AvgIpc) is 2.67. The Morgan fingerprint density at radius 2 is 1.78 bits per heavy atom. The van der Waals surface area contributed by atoms with Crippen molar-refractivity contribution in [1.82, 2.24) is 18.4 Å². The van der Waals surface area contributed by atoms with Gasteiger partial charge in [-0.3, -0.25) is 9.69 Å². The lowest BCUT2D eigenvalue weighted by Gasteiger charge is -2.37. The molecular formula is C19H30N4O3S. The molecule has 1 aromatic rings. The summed E-state index contributed by atoms with van der Waals surface area (Å²) >= 11 is 0. The van der Waals surface area contributed by atoms with Crippen LogP contribution in [0.1, 0.15) is 30.0 Å². The van der Waals surface area contributed by atoms with Gasteiger partial charge < -0.3 is 4.90 Å². The third kappa shape index (κ3) is 4.34. The SMILES string of the molecule is CN(C(=O)CN1CCN(S(=O)(=O)N(C)C)CC1)C1CCCc2ccccc21. The third-order valence-corrected chi connectivity index (χ3v) is 7.62. The quantitative estimate of drug-likeness (QED) is 0.746. The van der Waals surface area contributed by atoms with Gasteiger partial charge in [-0.15, -0.1) is 0 Å². The summed E-state index contributed by atoms with van der Waals surface area (Å²) in [5.41, 5.74) is 2.61. The predicted molar refractivity (Wildman–Crippen MR) is 106 cm³/mol. The molecule has 1 aliphatic heterocycles. The first kappa shape index (κ1) is 20.3. The number of likely N-dealkylation sites (N-methyl/N-ethyl adjacent to an activating group) is 1. The Morgan fingerprint density at radius 1 is 1.11 bits per heavy atom.